The Morgan fingerprint density at radius 2 is 1.84 bits per heavy atom. The maximum Gasteiger partial charge on any atom is 0.250 e. The third-order valence-electron chi connectivity index (χ3n) is 6.05. The van der Waals surface area contributed by atoms with Crippen LogP contribution < -0.4 is 20.5 Å². The summed E-state index contributed by atoms with van der Waals surface area (Å²) in [5, 5.41) is 3.29. The number of rotatable bonds is 4. The number of aryl methyl sites for hydroxylation is 1. The van der Waals surface area contributed by atoms with Gasteiger partial charge in [-0.3, -0.25) is 9.59 Å². The molecule has 7 heteroatoms. The zero-order valence-electron chi connectivity index (χ0n) is 18.3. The minimum absolute atomic E-state index is 0.104. The van der Waals surface area contributed by atoms with E-state index in [0.29, 0.717) is 29.2 Å². The molecule has 2 heterocycles. The molecule has 0 spiro atoms. The van der Waals surface area contributed by atoms with Crippen molar-refractivity contribution in [2.24, 2.45) is 11.1 Å². The number of benzene rings is 2. The predicted molar refractivity (Wildman–Crippen MR) is 121 cm³/mol. The molecule has 1 aliphatic heterocycles. The number of amides is 1. The topological polar surface area (TPSA) is 95.6 Å². The molecule has 0 saturated carbocycles. The van der Waals surface area contributed by atoms with Gasteiger partial charge in [0.25, 0.3) is 5.91 Å². The van der Waals surface area contributed by atoms with Crippen LogP contribution in [0.15, 0.2) is 42.5 Å². The molecule has 7 nitrogen and oxygen atoms in total. The number of nitrogens with one attached hydrogen (secondary N) is 1. The normalized spacial score (nSPS) is 16.0. The number of hydrogen-bond donors (Lipinski definition) is 2. The number of carbonyl (C=O) groups excluding carboxylic acids is 2. The Morgan fingerprint density at radius 3 is 2.62 bits per heavy atom. The summed E-state index contributed by atoms with van der Waals surface area (Å²) in [7, 11) is 0. The minimum Gasteiger partial charge on any atom is -0.454 e. The van der Waals surface area contributed by atoms with E-state index in [1.807, 2.05) is 43.3 Å². The molecule has 0 saturated heterocycles. The van der Waals surface area contributed by atoms with Crippen LogP contribution in [0, 0.1) is 12.3 Å². The standard InChI is InChI=1S/C25H25N3O4/c1-14-8-18-20(11-25(2,3)12-21(18)29)28(14)16-5-6-17(24(26)30)19(10-16)27-15-4-7-22-23(9-15)32-13-31-22/h4-10,27H,11-13H2,1-3H3,(H2,26,30). The average Bonchev–Trinajstić information content (AvgIpc) is 3.30. The van der Waals surface area contributed by atoms with Crippen molar-refractivity contribution in [2.75, 3.05) is 12.1 Å². The Labute approximate surface area is 186 Å². The molecule has 164 valence electrons. The summed E-state index contributed by atoms with van der Waals surface area (Å²) in [6, 6.07) is 12.9. The van der Waals surface area contributed by atoms with E-state index < -0.39 is 5.91 Å². The zero-order chi connectivity index (χ0) is 22.6. The third-order valence-corrected chi connectivity index (χ3v) is 6.05. The van der Waals surface area contributed by atoms with E-state index in [-0.39, 0.29) is 18.0 Å². The zero-order valence-corrected chi connectivity index (χ0v) is 18.3. The highest BCUT2D eigenvalue weighted by Gasteiger charge is 2.34. The van der Waals surface area contributed by atoms with Gasteiger partial charge in [-0.15, -0.1) is 0 Å². The fraction of sp³-hybridized carbons (Fsp3) is 0.280. The first kappa shape index (κ1) is 20.2. The van der Waals surface area contributed by atoms with Crippen LogP contribution in [0.4, 0.5) is 11.4 Å². The molecule has 0 atom stereocenters. The van der Waals surface area contributed by atoms with Gasteiger partial charge in [-0.1, -0.05) is 13.8 Å². The van der Waals surface area contributed by atoms with Crippen LogP contribution in [0.5, 0.6) is 11.5 Å². The van der Waals surface area contributed by atoms with Crippen LogP contribution in [0.2, 0.25) is 0 Å². The monoisotopic (exact) mass is 431 g/mol. The first-order valence-corrected chi connectivity index (χ1v) is 10.6. The molecular weight excluding hydrogens is 406 g/mol. The van der Waals surface area contributed by atoms with Crippen LogP contribution in [0.1, 0.15) is 52.4 Å². The number of carbonyl (C=O) groups is 2. The predicted octanol–water partition coefficient (Wildman–Crippen LogP) is 4.51. The minimum atomic E-state index is -0.526. The molecule has 1 aromatic heterocycles. The second kappa shape index (κ2) is 7.15. The van der Waals surface area contributed by atoms with Gasteiger partial charge >= 0.3 is 0 Å². The molecule has 0 bridgehead atoms. The molecule has 0 radical (unpaired) electrons. The van der Waals surface area contributed by atoms with E-state index in [9.17, 15) is 9.59 Å². The van der Waals surface area contributed by atoms with Crippen LogP contribution in [0.25, 0.3) is 5.69 Å². The quantitative estimate of drug-likeness (QED) is 0.634. The summed E-state index contributed by atoms with van der Waals surface area (Å²) < 4.78 is 12.9. The molecule has 3 aromatic rings. The van der Waals surface area contributed by atoms with Gasteiger partial charge in [-0.2, -0.15) is 0 Å². The number of Topliss-reactive ketones (excluding diaryl/α,β-unsaturated/α-hetero) is 1. The van der Waals surface area contributed by atoms with Crippen LogP contribution in [-0.2, 0) is 6.42 Å². The Morgan fingerprint density at radius 1 is 1.06 bits per heavy atom. The highest BCUT2D eigenvalue weighted by atomic mass is 16.7. The molecule has 32 heavy (non-hydrogen) atoms. The lowest BCUT2D eigenvalue weighted by Gasteiger charge is -2.30. The molecule has 3 N–H and O–H groups in total. The number of ketones is 1. The largest absolute Gasteiger partial charge is 0.454 e. The van der Waals surface area contributed by atoms with Gasteiger partial charge in [0.15, 0.2) is 17.3 Å². The highest BCUT2D eigenvalue weighted by Crippen LogP contribution is 2.39. The van der Waals surface area contributed by atoms with Gasteiger partial charge < -0.3 is 25.1 Å². The van der Waals surface area contributed by atoms with Crippen molar-refractivity contribution in [1.82, 2.24) is 4.57 Å². The number of primary amides is 1. The van der Waals surface area contributed by atoms with E-state index >= 15 is 0 Å². The SMILES string of the molecule is Cc1cc2c(n1-c1ccc(C(N)=O)c(Nc3ccc4c(c3)OCO4)c1)CC(C)(C)CC2=O. The summed E-state index contributed by atoms with van der Waals surface area (Å²) in [5.41, 5.74) is 10.9. The first-order chi connectivity index (χ1) is 15.2. The van der Waals surface area contributed by atoms with Crippen LogP contribution >= 0.6 is 0 Å². The van der Waals surface area contributed by atoms with Gasteiger partial charge in [0.05, 0.1) is 11.3 Å². The lowest BCUT2D eigenvalue weighted by molar-refractivity contribution is 0.0910. The number of nitrogens with two attached hydrogens (primary N) is 1. The number of nitrogens with zero attached hydrogens (tertiary/aromatic N) is 1. The molecule has 1 aliphatic carbocycles. The number of aromatic nitrogens is 1. The van der Waals surface area contributed by atoms with E-state index in [1.165, 1.54) is 0 Å². The van der Waals surface area contributed by atoms with Gasteiger partial charge in [-0.25, -0.2) is 0 Å². The maximum absolute atomic E-state index is 12.7. The van der Waals surface area contributed by atoms with E-state index in [0.717, 1.165) is 34.7 Å². The molecule has 0 fully saturated rings. The van der Waals surface area contributed by atoms with Crippen molar-refractivity contribution in [3.05, 3.63) is 65.0 Å². The fourth-order valence-corrected chi connectivity index (χ4v) is 4.63. The van der Waals surface area contributed by atoms with Crippen molar-refractivity contribution >= 4 is 23.1 Å². The van der Waals surface area contributed by atoms with Gasteiger partial charge in [0.1, 0.15) is 0 Å². The summed E-state index contributed by atoms with van der Waals surface area (Å²) in [5.74, 6) is 0.970. The van der Waals surface area contributed by atoms with Crippen molar-refractivity contribution in [3.8, 4) is 17.2 Å². The second-order valence-corrected chi connectivity index (χ2v) is 9.21. The van der Waals surface area contributed by atoms with E-state index in [2.05, 4.69) is 23.7 Å². The summed E-state index contributed by atoms with van der Waals surface area (Å²) >= 11 is 0. The Hall–Kier alpha value is -3.74. The molecule has 2 aliphatic rings. The highest BCUT2D eigenvalue weighted by molar-refractivity contribution is 6.00. The van der Waals surface area contributed by atoms with Crippen molar-refractivity contribution in [2.45, 2.75) is 33.6 Å². The maximum atomic E-state index is 12.7. The first-order valence-electron chi connectivity index (χ1n) is 10.6. The second-order valence-electron chi connectivity index (χ2n) is 9.21. The molecule has 0 unspecified atom stereocenters. The fourth-order valence-electron chi connectivity index (χ4n) is 4.63. The molecule has 5 rings (SSSR count). The number of ether oxygens (including phenoxy) is 2. The lowest BCUT2D eigenvalue weighted by Crippen LogP contribution is -2.27. The molecular formula is C25H25N3O4. The van der Waals surface area contributed by atoms with E-state index in [1.54, 1.807) is 6.07 Å². The molecule has 2 aromatic carbocycles. The van der Waals surface area contributed by atoms with Crippen LogP contribution in [0.3, 0.4) is 0 Å². The number of hydrogen-bond acceptors (Lipinski definition) is 5. The van der Waals surface area contributed by atoms with Gasteiger partial charge in [-0.05, 0) is 55.2 Å². The summed E-state index contributed by atoms with van der Waals surface area (Å²) in [6.07, 6.45) is 1.34. The van der Waals surface area contributed by atoms with Crippen LogP contribution in [-0.4, -0.2) is 23.1 Å². The van der Waals surface area contributed by atoms with Gasteiger partial charge in [0.2, 0.25) is 6.79 Å². The Kier molecular flexibility index (Phi) is 4.51. The van der Waals surface area contributed by atoms with Crippen molar-refractivity contribution in [1.29, 1.82) is 0 Å². The van der Waals surface area contributed by atoms with E-state index in [4.69, 9.17) is 15.2 Å². The van der Waals surface area contributed by atoms with Crippen molar-refractivity contribution in [3.63, 3.8) is 0 Å². The third kappa shape index (κ3) is 3.39. The summed E-state index contributed by atoms with van der Waals surface area (Å²) in [4.78, 5) is 24.8. The van der Waals surface area contributed by atoms with Crippen molar-refractivity contribution < 1.29 is 19.1 Å². The average molecular weight is 431 g/mol. The van der Waals surface area contributed by atoms with Gasteiger partial charge in [0, 0.05) is 40.8 Å². The Balaban J connectivity index is 1.59. The summed E-state index contributed by atoms with van der Waals surface area (Å²) in [6.45, 7) is 6.41. The Bertz CT molecular complexity index is 1270. The smallest absolute Gasteiger partial charge is 0.250 e. The number of anilines is 2. The lowest BCUT2D eigenvalue weighted by atomic mass is 9.76. The number of fused-ring (bicyclic) bond motifs is 2. The molecule has 1 amide bonds.